The predicted octanol–water partition coefficient (Wildman–Crippen LogP) is 3.05. The Hall–Kier alpha value is -2.50. The van der Waals surface area contributed by atoms with Crippen LogP contribution in [-0.2, 0) is 16.6 Å². The van der Waals surface area contributed by atoms with E-state index in [2.05, 4.69) is 26.0 Å². The fraction of sp³-hybridized carbons (Fsp3) is 0.529. The molecule has 0 aromatic carbocycles. The highest BCUT2D eigenvalue weighted by Crippen LogP contribution is 2.41. The summed E-state index contributed by atoms with van der Waals surface area (Å²) in [6.45, 7) is 1.54. The fourth-order valence-electron chi connectivity index (χ4n) is 3.44. The zero-order chi connectivity index (χ0) is 21.4. The highest BCUT2D eigenvalue weighted by atomic mass is 32.2. The van der Waals surface area contributed by atoms with E-state index >= 15 is 4.39 Å². The molecule has 2 aromatic heterocycles. The number of piperidine rings is 1. The van der Waals surface area contributed by atoms with Crippen LogP contribution < -0.4 is 5.32 Å². The maximum Gasteiger partial charge on any atom is 0.323 e. The van der Waals surface area contributed by atoms with Gasteiger partial charge in [-0.25, -0.2) is 18.0 Å². The first kappa shape index (κ1) is 21.2. The minimum atomic E-state index is -3.74. The summed E-state index contributed by atoms with van der Waals surface area (Å²) in [4.78, 5) is 13.3. The van der Waals surface area contributed by atoms with Crippen LogP contribution in [0.4, 0.5) is 23.8 Å². The first-order valence-electron chi connectivity index (χ1n) is 8.87. The Kier molecular flexibility index (Phi) is 5.65. The molecule has 1 N–H and O–H groups in total. The van der Waals surface area contributed by atoms with Crippen molar-refractivity contribution < 1.29 is 26.7 Å². The lowest BCUT2D eigenvalue weighted by Gasteiger charge is -2.39. The van der Waals surface area contributed by atoms with Gasteiger partial charge in [0.25, 0.3) is 6.43 Å². The molecule has 1 aliphatic heterocycles. The molecule has 0 radical (unpaired) electrons. The average molecular weight is 433 g/mol. The van der Waals surface area contributed by atoms with Crippen LogP contribution in [0.3, 0.4) is 0 Å². The van der Waals surface area contributed by atoms with E-state index in [1.165, 1.54) is 24.3 Å². The van der Waals surface area contributed by atoms with Gasteiger partial charge in [-0.05, 0) is 25.6 Å². The molecular formula is C17H22F3N5O3S. The lowest BCUT2D eigenvalue weighted by Crippen LogP contribution is -2.48. The summed E-state index contributed by atoms with van der Waals surface area (Å²) in [5.41, 5.74) is -0.721. The quantitative estimate of drug-likeness (QED) is 0.732. The van der Waals surface area contributed by atoms with Crippen LogP contribution in [0.2, 0.25) is 0 Å². The fourth-order valence-corrected chi connectivity index (χ4v) is 5.43. The van der Waals surface area contributed by atoms with E-state index in [1.807, 2.05) is 0 Å². The summed E-state index contributed by atoms with van der Waals surface area (Å²) >= 11 is 0. The summed E-state index contributed by atoms with van der Waals surface area (Å²) in [7, 11) is -2.35. The number of urea groups is 1. The Morgan fingerprint density at radius 1 is 1.45 bits per heavy atom. The van der Waals surface area contributed by atoms with Crippen LogP contribution in [0.25, 0.3) is 0 Å². The van der Waals surface area contributed by atoms with Crippen LogP contribution in [0.1, 0.15) is 31.9 Å². The van der Waals surface area contributed by atoms with Crippen molar-refractivity contribution in [2.75, 3.05) is 18.4 Å². The van der Waals surface area contributed by atoms with Gasteiger partial charge in [0.1, 0.15) is 12.0 Å². The van der Waals surface area contributed by atoms with Crippen molar-refractivity contribution in [2.24, 2.45) is 13.0 Å². The number of nitrogens with one attached hydrogen (secondary N) is 1. The molecule has 0 spiro atoms. The van der Waals surface area contributed by atoms with Gasteiger partial charge in [-0.15, -0.1) is 0 Å². The van der Waals surface area contributed by atoms with Gasteiger partial charge < -0.3 is 9.42 Å². The molecule has 1 aliphatic rings. The van der Waals surface area contributed by atoms with Gasteiger partial charge in [-0.1, -0.05) is 5.16 Å². The number of amides is 2. The molecule has 3 rings (SSSR count). The van der Waals surface area contributed by atoms with E-state index < -0.39 is 38.6 Å². The molecule has 2 amide bonds. The lowest BCUT2D eigenvalue weighted by molar-refractivity contribution is 0.119. The van der Waals surface area contributed by atoms with Gasteiger partial charge >= 0.3 is 6.03 Å². The van der Waals surface area contributed by atoms with Crippen molar-refractivity contribution in [3.8, 4) is 0 Å². The molecule has 160 valence electrons. The maximum atomic E-state index is 15.8. The Morgan fingerprint density at radius 3 is 2.66 bits per heavy atom. The third-order valence-corrected chi connectivity index (χ3v) is 7.86. The van der Waals surface area contributed by atoms with E-state index in [0.29, 0.717) is 0 Å². The Balaban J connectivity index is 1.73. The normalized spacial score (nSPS) is 19.7. The molecule has 29 heavy (non-hydrogen) atoms. The number of hydrogen-bond acceptors (Lipinski definition) is 5. The van der Waals surface area contributed by atoms with Crippen LogP contribution in [0, 0.1) is 5.92 Å². The predicted molar refractivity (Wildman–Crippen MR) is 101 cm³/mol. The molecule has 2 atom stereocenters. The largest absolute Gasteiger partial charge is 0.363 e. The number of carbonyl (C=O) groups is 1. The van der Waals surface area contributed by atoms with E-state index in [4.69, 9.17) is 0 Å². The Labute approximate surface area is 166 Å². The summed E-state index contributed by atoms with van der Waals surface area (Å²) in [6.07, 6.45) is -0.138. The van der Waals surface area contributed by atoms with Crippen molar-refractivity contribution in [3.05, 3.63) is 24.2 Å². The number of halogens is 3. The zero-order valence-electron chi connectivity index (χ0n) is 16.0. The molecule has 1 fully saturated rings. The van der Waals surface area contributed by atoms with Crippen molar-refractivity contribution in [2.45, 2.75) is 36.1 Å². The average Bonchev–Trinajstić information content (AvgIpc) is 3.31. The standard InChI is InChI=1S/C17H22F3N5O3S/c1-17(20,29(3,27)12-10-24(2)22-14(12)15(18)19)11-4-7-25(8-5-11)16(26)21-13-6-9-28-23-13/h6,9-11,15H,3-5,7-8H2,1-2H3,(H,21,23,26)/t17-,29?/m1/s1. The van der Waals surface area contributed by atoms with E-state index in [-0.39, 0.29) is 36.6 Å². The summed E-state index contributed by atoms with van der Waals surface area (Å²) < 4.78 is 61.3. The van der Waals surface area contributed by atoms with Crippen LogP contribution >= 0.6 is 0 Å². The number of aromatic nitrogens is 3. The van der Waals surface area contributed by atoms with Gasteiger partial charge in [0.15, 0.2) is 10.8 Å². The van der Waals surface area contributed by atoms with E-state index in [1.54, 1.807) is 0 Å². The minimum Gasteiger partial charge on any atom is -0.363 e. The molecule has 3 heterocycles. The number of rotatable bonds is 5. The number of likely N-dealkylation sites (tertiary alicyclic amines) is 1. The van der Waals surface area contributed by atoms with Gasteiger partial charge in [-0.2, -0.15) is 5.10 Å². The topological polar surface area (TPSA) is 93.3 Å². The summed E-state index contributed by atoms with van der Waals surface area (Å²) in [5, 5.41) is 7.39. The number of hydrogen-bond donors (Lipinski definition) is 1. The second kappa shape index (κ2) is 7.73. The molecule has 0 saturated carbocycles. The molecule has 1 unspecified atom stereocenters. The van der Waals surface area contributed by atoms with Gasteiger partial charge in [0.2, 0.25) is 0 Å². The van der Waals surface area contributed by atoms with Crippen molar-refractivity contribution in [3.63, 3.8) is 0 Å². The SMILES string of the molecule is C=S(=O)(c1cn(C)nc1C(F)F)[C@@](C)(F)C1CCN(C(=O)Nc2ccon2)CC1. The summed E-state index contributed by atoms with van der Waals surface area (Å²) in [6, 6.07) is 1.07. The molecule has 0 aliphatic carbocycles. The third-order valence-electron chi connectivity index (χ3n) is 5.21. The molecule has 8 nitrogen and oxygen atoms in total. The molecule has 0 bridgehead atoms. The Bertz CT molecular complexity index is 965. The lowest BCUT2D eigenvalue weighted by atomic mass is 9.92. The zero-order valence-corrected chi connectivity index (χ0v) is 16.8. The highest BCUT2D eigenvalue weighted by Gasteiger charge is 2.46. The van der Waals surface area contributed by atoms with Crippen molar-refractivity contribution in [1.82, 2.24) is 19.8 Å². The number of aryl methyl sites for hydroxylation is 1. The second-order valence-corrected chi connectivity index (χ2v) is 9.68. The first-order chi connectivity index (χ1) is 13.5. The van der Waals surface area contributed by atoms with E-state index in [9.17, 15) is 17.8 Å². The number of anilines is 1. The monoisotopic (exact) mass is 433 g/mol. The van der Waals surface area contributed by atoms with Crippen molar-refractivity contribution >= 4 is 27.2 Å². The first-order valence-corrected chi connectivity index (χ1v) is 10.6. The number of nitrogens with zero attached hydrogens (tertiary/aromatic N) is 4. The third kappa shape index (κ3) is 3.98. The highest BCUT2D eigenvalue weighted by molar-refractivity contribution is 8.01. The van der Waals surface area contributed by atoms with Gasteiger partial charge in [-0.3, -0.25) is 14.2 Å². The van der Waals surface area contributed by atoms with Crippen LogP contribution in [0.15, 0.2) is 27.9 Å². The second-order valence-electron chi connectivity index (χ2n) is 7.09. The number of carbonyl (C=O) groups excluding carboxylic acids is 1. The molecular weight excluding hydrogens is 411 g/mol. The van der Waals surface area contributed by atoms with Crippen LogP contribution in [0.5, 0.6) is 0 Å². The Morgan fingerprint density at radius 2 is 2.10 bits per heavy atom. The van der Waals surface area contributed by atoms with E-state index in [0.717, 1.165) is 17.8 Å². The van der Waals surface area contributed by atoms with Crippen molar-refractivity contribution in [1.29, 1.82) is 0 Å². The minimum absolute atomic E-state index is 0.204. The smallest absolute Gasteiger partial charge is 0.323 e. The number of alkyl halides is 3. The molecule has 2 aromatic rings. The maximum absolute atomic E-state index is 15.8. The molecule has 12 heteroatoms. The van der Waals surface area contributed by atoms with Gasteiger partial charge in [0.05, 0.1) is 4.90 Å². The summed E-state index contributed by atoms with van der Waals surface area (Å²) in [5.74, 6) is 3.03. The molecule has 1 saturated heterocycles. The van der Waals surface area contributed by atoms with Gasteiger partial charge in [0, 0.05) is 47.8 Å². The van der Waals surface area contributed by atoms with Crippen LogP contribution in [-0.4, -0.2) is 54.0 Å².